The number of carbonyl (C=O) groups excluding carboxylic acids is 1. The van der Waals surface area contributed by atoms with E-state index in [0.717, 1.165) is 0 Å². The van der Waals surface area contributed by atoms with Crippen LogP contribution in [0, 0.1) is 0 Å². The van der Waals surface area contributed by atoms with Crippen molar-refractivity contribution in [1.82, 2.24) is 0 Å². The third-order valence-electron chi connectivity index (χ3n) is 0.875. The molecule has 6 nitrogen and oxygen atoms in total. The smallest absolute Gasteiger partial charge is 0.196 e. The molecule has 2 unspecified atom stereocenters. The Morgan fingerprint density at radius 1 is 1.67 bits per heavy atom. The molecule has 0 fully saturated rings. The van der Waals surface area contributed by atoms with Crippen molar-refractivity contribution in [2.24, 2.45) is 0 Å². The summed E-state index contributed by atoms with van der Waals surface area (Å²) in [6, 6.07) is 0. The summed E-state index contributed by atoms with van der Waals surface area (Å²) in [7, 11) is 0. The van der Waals surface area contributed by atoms with Gasteiger partial charge in [0.15, 0.2) is 17.8 Å². The molecule has 0 aliphatic heterocycles. The van der Waals surface area contributed by atoms with Crippen molar-refractivity contribution in [3.63, 3.8) is 0 Å². The molecule has 0 spiro atoms. The summed E-state index contributed by atoms with van der Waals surface area (Å²) >= 11 is 0. The molecule has 6 heteroatoms. The quantitative estimate of drug-likeness (QED) is 0.200. The van der Waals surface area contributed by atoms with Gasteiger partial charge >= 0.3 is 0 Å². The van der Waals surface area contributed by atoms with Crippen LogP contribution in [0.1, 0.15) is 6.85 Å². The maximum Gasteiger partial charge on any atom is 0.196 e. The Morgan fingerprint density at radius 3 is 2.50 bits per heavy atom. The van der Waals surface area contributed by atoms with E-state index in [4.69, 9.17) is 27.3 Å². The number of allylic oxidation sites excluding steroid dienone is 1. The maximum atomic E-state index is 10.3. The fraction of sp³-hybridized carbons (Fsp3) is 0.500. The van der Waals surface area contributed by atoms with E-state index in [0.29, 0.717) is 0 Å². The third-order valence-corrected chi connectivity index (χ3v) is 0.875. The first-order valence-electron chi connectivity index (χ1n) is 5.07. The molecule has 0 aliphatic carbocycles. The molecule has 0 bridgehead atoms. The lowest BCUT2D eigenvalue weighted by Crippen LogP contribution is -2.31. The van der Waals surface area contributed by atoms with E-state index in [2.05, 4.69) is 0 Å². The van der Waals surface area contributed by atoms with Gasteiger partial charge in [0.1, 0.15) is 13.5 Å². The number of rotatable bonds is 4. The summed E-state index contributed by atoms with van der Waals surface area (Å²) in [5.74, 6) is -3.90. The zero-order valence-corrected chi connectivity index (χ0v) is 5.64. The molecule has 0 aliphatic rings. The van der Waals surface area contributed by atoms with Gasteiger partial charge in [0.05, 0.1) is 12.0 Å². The van der Waals surface area contributed by atoms with Crippen LogP contribution in [-0.4, -0.2) is 50.5 Å². The van der Waals surface area contributed by atoms with Gasteiger partial charge in [-0.05, 0) is 0 Å². The van der Waals surface area contributed by atoms with Gasteiger partial charge in [-0.15, -0.1) is 0 Å². The molecule has 0 rings (SSSR count). The maximum absolute atomic E-state index is 10.3. The van der Waals surface area contributed by atoms with Crippen LogP contribution in [0.2, 0.25) is 0 Å². The Labute approximate surface area is 75.0 Å². The fourth-order valence-electron chi connectivity index (χ4n) is 0.326. The SMILES string of the molecule is [2H]C(=O)/C(O)=C(/O)C([2H])(O)C([2H])(O)C([2H])([2H])O. The van der Waals surface area contributed by atoms with Crippen molar-refractivity contribution in [3.8, 4) is 0 Å². The molecule has 0 amide bonds. The van der Waals surface area contributed by atoms with Gasteiger partial charge in [0.25, 0.3) is 0 Å². The van der Waals surface area contributed by atoms with Crippen LogP contribution < -0.4 is 0 Å². The monoisotopic (exact) mass is 183 g/mol. The van der Waals surface area contributed by atoms with Gasteiger partial charge in [0.2, 0.25) is 0 Å². The normalized spacial score (nSPS) is 30.4. The van der Waals surface area contributed by atoms with E-state index < -0.39 is 36.5 Å². The second-order valence-electron chi connectivity index (χ2n) is 1.61. The predicted molar refractivity (Wildman–Crippen MR) is 37.4 cm³/mol. The highest BCUT2D eigenvalue weighted by atomic mass is 16.4. The van der Waals surface area contributed by atoms with Crippen molar-refractivity contribution in [1.29, 1.82) is 0 Å². The van der Waals surface area contributed by atoms with Crippen LogP contribution in [0.5, 0.6) is 0 Å². The predicted octanol–water partition coefficient (Wildman–Crippen LogP) is -1.77. The summed E-state index contributed by atoms with van der Waals surface area (Å²) in [5, 5.41) is 44.8. The van der Waals surface area contributed by atoms with E-state index in [1.807, 2.05) is 0 Å². The molecular formula is C6H10O6. The van der Waals surface area contributed by atoms with E-state index in [9.17, 15) is 9.90 Å². The summed E-state index contributed by atoms with van der Waals surface area (Å²) in [6.45, 7) is -3.86. The Kier molecular flexibility index (Phi) is 1.88. The van der Waals surface area contributed by atoms with Crippen molar-refractivity contribution in [2.45, 2.75) is 12.2 Å². The first-order valence-corrected chi connectivity index (χ1v) is 2.57. The second-order valence-corrected chi connectivity index (χ2v) is 1.61. The van der Waals surface area contributed by atoms with Gasteiger partial charge in [-0.1, -0.05) is 0 Å². The Bertz CT molecular complexity index is 356. The Hall–Kier alpha value is -1.11. The van der Waals surface area contributed by atoms with Crippen LogP contribution in [0.25, 0.3) is 0 Å². The summed E-state index contributed by atoms with van der Waals surface area (Å²) < 4.78 is 33.3. The number of hydrogen-bond acceptors (Lipinski definition) is 6. The molecule has 0 aromatic heterocycles. The largest absolute Gasteiger partial charge is 0.506 e. The molecule has 2 atom stereocenters. The Morgan fingerprint density at radius 2 is 2.17 bits per heavy atom. The van der Waals surface area contributed by atoms with Crippen molar-refractivity contribution < 1.29 is 37.2 Å². The van der Waals surface area contributed by atoms with E-state index >= 15 is 0 Å². The summed E-state index contributed by atoms with van der Waals surface area (Å²) in [4.78, 5) is 10.3. The van der Waals surface area contributed by atoms with E-state index in [1.54, 1.807) is 0 Å². The summed E-state index contributed by atoms with van der Waals surface area (Å²) in [5.41, 5.74) is 0. The molecule has 70 valence electrons. The molecule has 0 aromatic rings. The molecule has 0 heterocycles. The average molecular weight is 183 g/mol. The first-order chi connectivity index (χ1) is 7.26. The number of carbonyl (C=O) groups is 1. The van der Waals surface area contributed by atoms with Gasteiger partial charge in [-0.25, -0.2) is 0 Å². The molecule has 5 N–H and O–H groups in total. The highest BCUT2D eigenvalue weighted by Crippen LogP contribution is 2.05. The minimum absolute atomic E-state index is 1.86. The van der Waals surface area contributed by atoms with Crippen molar-refractivity contribution in [3.05, 3.63) is 11.5 Å². The van der Waals surface area contributed by atoms with Crippen LogP contribution >= 0.6 is 0 Å². The lowest BCUT2D eigenvalue weighted by Gasteiger charge is -2.14. The van der Waals surface area contributed by atoms with Crippen molar-refractivity contribution >= 4 is 6.26 Å². The van der Waals surface area contributed by atoms with E-state index in [-0.39, 0.29) is 0 Å². The molecular weight excluding hydrogens is 168 g/mol. The zero-order valence-electron chi connectivity index (χ0n) is 10.6. The minimum Gasteiger partial charge on any atom is -0.506 e. The molecule has 0 saturated carbocycles. The van der Waals surface area contributed by atoms with Gasteiger partial charge in [-0.2, -0.15) is 0 Å². The molecule has 0 aromatic carbocycles. The highest BCUT2D eigenvalue weighted by Gasteiger charge is 2.22. The number of hydrogen-bond donors (Lipinski definition) is 5. The molecule has 0 radical (unpaired) electrons. The van der Waals surface area contributed by atoms with Crippen LogP contribution in [0.3, 0.4) is 0 Å². The minimum atomic E-state index is -4.02. The summed E-state index contributed by atoms with van der Waals surface area (Å²) in [6.07, 6.45) is -9.93. The third kappa shape index (κ3) is 2.50. The molecule has 12 heavy (non-hydrogen) atoms. The Balaban J connectivity index is 5.74. The first kappa shape index (κ1) is 4.80. The lowest BCUT2D eigenvalue weighted by atomic mass is 10.1. The molecule has 0 saturated heterocycles. The van der Waals surface area contributed by atoms with Crippen molar-refractivity contribution in [2.75, 3.05) is 6.56 Å². The van der Waals surface area contributed by atoms with Crippen LogP contribution in [0.15, 0.2) is 11.5 Å². The van der Waals surface area contributed by atoms with Crippen LogP contribution in [-0.2, 0) is 4.79 Å². The zero-order chi connectivity index (χ0) is 14.2. The van der Waals surface area contributed by atoms with E-state index in [1.165, 1.54) is 0 Å². The van der Waals surface area contributed by atoms with Gasteiger partial charge < -0.3 is 25.5 Å². The lowest BCUT2D eigenvalue weighted by molar-refractivity contribution is -0.107. The second kappa shape index (κ2) is 4.70. The van der Waals surface area contributed by atoms with Gasteiger partial charge in [-0.3, -0.25) is 4.79 Å². The number of aliphatic hydroxyl groups is 5. The standard InChI is InChI=1S/C6H10O6/c7-1-3(9)5(11)6(12)4(10)2-8/h1,4,6,8-12H,2H2/b5-3-/i1D,2D2,4D,6D. The van der Waals surface area contributed by atoms with Crippen LogP contribution in [0.4, 0.5) is 0 Å². The van der Waals surface area contributed by atoms with Gasteiger partial charge in [0, 0.05) is 0 Å². The average Bonchev–Trinajstić information content (AvgIpc) is 2.13. The number of aldehydes is 1. The highest BCUT2D eigenvalue weighted by molar-refractivity contribution is 5.70. The number of aliphatic hydroxyl groups excluding tert-OH is 2. The topological polar surface area (TPSA) is 118 Å². The fourth-order valence-corrected chi connectivity index (χ4v) is 0.326.